The summed E-state index contributed by atoms with van der Waals surface area (Å²) in [5.41, 5.74) is 3.18. The lowest BCUT2D eigenvalue weighted by Gasteiger charge is -2.29. The van der Waals surface area contributed by atoms with Gasteiger partial charge in [-0.1, -0.05) is 58.1 Å². The van der Waals surface area contributed by atoms with E-state index in [9.17, 15) is 8.78 Å². The summed E-state index contributed by atoms with van der Waals surface area (Å²) in [6, 6.07) is 4.59. The third-order valence-corrected chi connectivity index (χ3v) is 5.36. The molecule has 1 nitrogen and oxygen atoms in total. The topological polar surface area (TPSA) is 3.24 Å². The maximum atomic E-state index is 12.9. The lowest BCUT2D eigenvalue weighted by Crippen LogP contribution is -2.29. The fourth-order valence-corrected chi connectivity index (χ4v) is 3.76. The van der Waals surface area contributed by atoms with Gasteiger partial charge in [-0.25, -0.2) is 8.78 Å². The number of halogens is 2. The van der Waals surface area contributed by atoms with Gasteiger partial charge in [0.05, 0.1) is 0 Å². The first-order valence-corrected chi connectivity index (χ1v) is 11.6. The van der Waals surface area contributed by atoms with Crippen molar-refractivity contribution in [3.63, 3.8) is 0 Å². The predicted octanol–water partition coefficient (Wildman–Crippen LogP) is 9.02. The number of rotatable bonds is 7. The third kappa shape index (κ3) is 12.8. The van der Waals surface area contributed by atoms with E-state index in [-0.39, 0.29) is 0 Å². The molecule has 3 heteroatoms. The Labute approximate surface area is 185 Å². The molecule has 172 valence electrons. The van der Waals surface area contributed by atoms with E-state index >= 15 is 0 Å². The van der Waals surface area contributed by atoms with E-state index in [2.05, 4.69) is 45.9 Å². The SMILES string of the molecule is C=C(C)C.C=C(C)N(C)C(CCC)CCC.Fc1cc(F)cc(C2CCCCC2)c1. The van der Waals surface area contributed by atoms with Gasteiger partial charge < -0.3 is 4.90 Å². The molecule has 0 amide bonds. The summed E-state index contributed by atoms with van der Waals surface area (Å²) in [5, 5.41) is 0. The number of hydrogen-bond acceptors (Lipinski definition) is 1. The van der Waals surface area contributed by atoms with Gasteiger partial charge in [0.2, 0.25) is 0 Å². The van der Waals surface area contributed by atoms with Gasteiger partial charge in [0.1, 0.15) is 11.6 Å². The van der Waals surface area contributed by atoms with Crippen LogP contribution in [0.2, 0.25) is 0 Å². The average molecular weight is 422 g/mol. The van der Waals surface area contributed by atoms with Crippen molar-refractivity contribution in [2.75, 3.05) is 7.05 Å². The zero-order valence-corrected chi connectivity index (χ0v) is 20.4. The van der Waals surface area contributed by atoms with Crippen molar-refractivity contribution in [1.82, 2.24) is 4.90 Å². The predicted molar refractivity (Wildman–Crippen MR) is 129 cm³/mol. The normalized spacial score (nSPS) is 13.6. The van der Waals surface area contributed by atoms with Gasteiger partial charge in [-0.05, 0) is 70.1 Å². The molecule has 2 rings (SSSR count). The van der Waals surface area contributed by atoms with Crippen molar-refractivity contribution in [3.8, 4) is 0 Å². The number of hydrogen-bond donors (Lipinski definition) is 0. The second-order valence-electron chi connectivity index (χ2n) is 8.82. The number of benzene rings is 1. The van der Waals surface area contributed by atoms with Crippen molar-refractivity contribution in [2.45, 2.75) is 104 Å². The Morgan fingerprint density at radius 2 is 1.37 bits per heavy atom. The molecule has 0 spiro atoms. The fraction of sp³-hybridized carbons (Fsp3) is 0.630. The van der Waals surface area contributed by atoms with Crippen LogP contribution in [0.15, 0.2) is 42.6 Å². The molecule has 0 heterocycles. The van der Waals surface area contributed by atoms with Crippen LogP contribution in [0.1, 0.15) is 104 Å². The molecule has 1 fully saturated rings. The van der Waals surface area contributed by atoms with Crippen molar-refractivity contribution >= 4 is 0 Å². The second-order valence-corrected chi connectivity index (χ2v) is 8.82. The highest BCUT2D eigenvalue weighted by atomic mass is 19.1. The lowest BCUT2D eigenvalue weighted by molar-refractivity contribution is 0.270. The zero-order chi connectivity index (χ0) is 23.1. The first kappa shape index (κ1) is 28.4. The molecule has 1 aromatic rings. The van der Waals surface area contributed by atoms with Crippen molar-refractivity contribution in [1.29, 1.82) is 0 Å². The first-order valence-electron chi connectivity index (χ1n) is 11.6. The van der Waals surface area contributed by atoms with Gasteiger partial charge in [0.15, 0.2) is 0 Å². The smallest absolute Gasteiger partial charge is 0.126 e. The van der Waals surface area contributed by atoms with E-state index in [1.54, 1.807) is 0 Å². The Kier molecular flexibility index (Phi) is 15.2. The molecule has 1 saturated carbocycles. The highest BCUT2D eigenvalue weighted by Crippen LogP contribution is 2.33. The summed E-state index contributed by atoms with van der Waals surface area (Å²) >= 11 is 0. The van der Waals surface area contributed by atoms with E-state index in [1.807, 2.05) is 13.8 Å². The van der Waals surface area contributed by atoms with E-state index in [1.165, 1.54) is 68.3 Å². The van der Waals surface area contributed by atoms with Gasteiger partial charge in [-0.15, -0.1) is 6.58 Å². The Morgan fingerprint density at radius 1 is 0.933 bits per heavy atom. The molecular formula is C27H45F2N. The van der Waals surface area contributed by atoms with E-state index in [4.69, 9.17) is 0 Å². The monoisotopic (exact) mass is 421 g/mol. The van der Waals surface area contributed by atoms with Crippen molar-refractivity contribution in [2.24, 2.45) is 0 Å². The van der Waals surface area contributed by atoms with Crippen LogP contribution in [-0.4, -0.2) is 18.0 Å². The van der Waals surface area contributed by atoms with E-state index in [0.717, 1.165) is 24.5 Å². The fourth-order valence-electron chi connectivity index (χ4n) is 3.76. The van der Waals surface area contributed by atoms with Crippen molar-refractivity contribution in [3.05, 3.63) is 59.8 Å². The summed E-state index contributed by atoms with van der Waals surface area (Å²) in [5.74, 6) is -0.537. The van der Waals surface area contributed by atoms with Gasteiger partial charge in [0, 0.05) is 24.9 Å². The molecule has 0 bridgehead atoms. The highest BCUT2D eigenvalue weighted by molar-refractivity contribution is 5.22. The van der Waals surface area contributed by atoms with Crippen LogP contribution in [0.4, 0.5) is 8.78 Å². The molecular weight excluding hydrogens is 376 g/mol. The van der Waals surface area contributed by atoms with Crippen LogP contribution in [0.25, 0.3) is 0 Å². The maximum Gasteiger partial charge on any atom is 0.126 e. The van der Waals surface area contributed by atoms with E-state index < -0.39 is 11.6 Å². The third-order valence-electron chi connectivity index (χ3n) is 5.36. The molecule has 1 aliphatic rings. The molecule has 0 radical (unpaired) electrons. The second kappa shape index (κ2) is 16.1. The summed E-state index contributed by atoms with van der Waals surface area (Å²) in [6.07, 6.45) is 10.9. The minimum Gasteiger partial charge on any atom is -0.376 e. The zero-order valence-electron chi connectivity index (χ0n) is 20.4. The molecule has 1 aliphatic carbocycles. The first-order chi connectivity index (χ1) is 14.1. The molecule has 30 heavy (non-hydrogen) atoms. The summed E-state index contributed by atoms with van der Waals surface area (Å²) in [7, 11) is 2.15. The molecule has 0 aliphatic heterocycles. The Hall–Kier alpha value is -1.64. The minimum absolute atomic E-state index is 0.369. The van der Waals surface area contributed by atoms with Crippen LogP contribution in [-0.2, 0) is 0 Å². The quantitative estimate of drug-likeness (QED) is 0.397. The summed E-state index contributed by atoms with van der Waals surface area (Å²) < 4.78 is 25.9. The van der Waals surface area contributed by atoms with Gasteiger partial charge in [0.25, 0.3) is 0 Å². The molecule has 0 aromatic heterocycles. The standard InChI is InChI=1S/C12H14F2.C11H23N.C4H8/c13-11-6-10(7-12(14)8-11)9-4-2-1-3-5-9;1-6-8-11(9-7-2)12(5)10(3)4;1-4(2)3/h6-9H,1-5H2;11H,3,6-9H2,1-2,4-5H3;1H2,2-3H3. The van der Waals surface area contributed by atoms with Crippen LogP contribution in [0.5, 0.6) is 0 Å². The van der Waals surface area contributed by atoms with Crippen molar-refractivity contribution < 1.29 is 8.78 Å². The van der Waals surface area contributed by atoms with Crippen LogP contribution >= 0.6 is 0 Å². The van der Waals surface area contributed by atoms with Crippen LogP contribution in [0.3, 0.4) is 0 Å². The maximum absolute atomic E-state index is 12.9. The van der Waals surface area contributed by atoms with E-state index in [0.29, 0.717) is 12.0 Å². The summed E-state index contributed by atoms with van der Waals surface area (Å²) in [4.78, 5) is 2.31. The average Bonchev–Trinajstić information content (AvgIpc) is 2.67. The van der Waals surface area contributed by atoms with Gasteiger partial charge >= 0.3 is 0 Å². The highest BCUT2D eigenvalue weighted by Gasteiger charge is 2.16. The molecule has 0 saturated heterocycles. The lowest BCUT2D eigenvalue weighted by atomic mass is 9.84. The molecule has 0 N–H and O–H groups in total. The number of allylic oxidation sites excluding steroid dienone is 2. The molecule has 1 aromatic carbocycles. The van der Waals surface area contributed by atoms with Crippen LogP contribution < -0.4 is 0 Å². The molecule has 0 unspecified atom stereocenters. The summed E-state index contributed by atoms with van der Waals surface area (Å²) in [6.45, 7) is 18.0. The largest absolute Gasteiger partial charge is 0.376 e. The van der Waals surface area contributed by atoms with Gasteiger partial charge in [-0.2, -0.15) is 0 Å². The number of nitrogens with zero attached hydrogens (tertiary/aromatic N) is 1. The Bertz CT molecular complexity index is 587. The van der Waals surface area contributed by atoms with Crippen LogP contribution in [0, 0.1) is 11.6 Å². The Balaban J connectivity index is 0.000000483. The van der Waals surface area contributed by atoms with Gasteiger partial charge in [-0.3, -0.25) is 0 Å². The minimum atomic E-state index is -0.453. The molecule has 0 atom stereocenters. The Morgan fingerprint density at radius 3 is 1.73 bits per heavy atom.